The Morgan fingerprint density at radius 3 is 2.12 bits per heavy atom. The van der Waals surface area contributed by atoms with Crippen LogP contribution in [0.5, 0.6) is 0 Å². The molecule has 0 amide bonds. The van der Waals surface area contributed by atoms with Crippen LogP contribution in [0.25, 0.3) is 0 Å². The highest BCUT2D eigenvalue weighted by molar-refractivity contribution is 4.84. The first-order chi connectivity index (χ1) is 7.50. The standard InChI is InChI=1S/C14H30N2/c1-11(2)9-16(10-12(3)4)14-8-15-7-6-13(14)5/h11-15H,6-10H2,1-5H3. The Morgan fingerprint density at radius 2 is 1.69 bits per heavy atom. The van der Waals surface area contributed by atoms with Crippen LogP contribution in [-0.2, 0) is 0 Å². The summed E-state index contributed by atoms with van der Waals surface area (Å²) >= 11 is 0. The van der Waals surface area contributed by atoms with E-state index in [1.807, 2.05) is 0 Å². The third-order valence-corrected chi connectivity index (χ3v) is 3.46. The highest BCUT2D eigenvalue weighted by Gasteiger charge is 2.27. The Morgan fingerprint density at radius 1 is 1.12 bits per heavy atom. The smallest absolute Gasteiger partial charge is 0.0246 e. The van der Waals surface area contributed by atoms with E-state index in [1.165, 1.54) is 32.6 Å². The summed E-state index contributed by atoms with van der Waals surface area (Å²) in [4.78, 5) is 2.71. The molecule has 1 heterocycles. The normalized spacial score (nSPS) is 27.0. The lowest BCUT2D eigenvalue weighted by molar-refractivity contribution is 0.0970. The molecule has 0 aromatic heterocycles. The Hall–Kier alpha value is -0.0800. The third kappa shape index (κ3) is 4.42. The molecular formula is C14H30N2. The molecule has 0 aromatic carbocycles. The summed E-state index contributed by atoms with van der Waals surface area (Å²) in [5.74, 6) is 2.39. The van der Waals surface area contributed by atoms with Gasteiger partial charge in [-0.05, 0) is 30.7 Å². The van der Waals surface area contributed by atoms with Crippen LogP contribution in [-0.4, -0.2) is 37.1 Å². The van der Waals surface area contributed by atoms with Crippen molar-refractivity contribution in [3.63, 3.8) is 0 Å². The van der Waals surface area contributed by atoms with E-state index in [-0.39, 0.29) is 0 Å². The summed E-state index contributed by atoms with van der Waals surface area (Å²) in [6, 6.07) is 0.749. The molecule has 1 fully saturated rings. The Balaban J connectivity index is 2.58. The second-order valence-corrected chi connectivity index (χ2v) is 6.28. The summed E-state index contributed by atoms with van der Waals surface area (Å²) in [5.41, 5.74) is 0. The van der Waals surface area contributed by atoms with E-state index in [0.29, 0.717) is 0 Å². The van der Waals surface area contributed by atoms with E-state index < -0.39 is 0 Å². The highest BCUT2D eigenvalue weighted by Crippen LogP contribution is 2.20. The van der Waals surface area contributed by atoms with Gasteiger partial charge in [-0.25, -0.2) is 0 Å². The van der Waals surface area contributed by atoms with E-state index in [9.17, 15) is 0 Å². The molecule has 0 aromatic rings. The molecule has 2 nitrogen and oxygen atoms in total. The van der Waals surface area contributed by atoms with Gasteiger partial charge in [-0.1, -0.05) is 34.6 Å². The predicted octanol–water partition coefficient (Wildman–Crippen LogP) is 2.60. The maximum Gasteiger partial charge on any atom is 0.0246 e. The molecule has 2 atom stereocenters. The summed E-state index contributed by atoms with van der Waals surface area (Å²) in [6.07, 6.45) is 1.33. The van der Waals surface area contributed by atoms with Crippen LogP contribution < -0.4 is 5.32 Å². The van der Waals surface area contributed by atoms with Crippen molar-refractivity contribution < 1.29 is 0 Å². The zero-order valence-electron chi connectivity index (χ0n) is 11.8. The predicted molar refractivity (Wildman–Crippen MR) is 71.7 cm³/mol. The van der Waals surface area contributed by atoms with Crippen LogP contribution >= 0.6 is 0 Å². The molecule has 1 rings (SSSR count). The lowest BCUT2D eigenvalue weighted by Crippen LogP contribution is -2.52. The molecule has 0 bridgehead atoms. The average molecular weight is 226 g/mol. The highest BCUT2D eigenvalue weighted by atomic mass is 15.2. The van der Waals surface area contributed by atoms with E-state index in [2.05, 4.69) is 44.8 Å². The van der Waals surface area contributed by atoms with Crippen LogP contribution in [0.4, 0.5) is 0 Å². The maximum atomic E-state index is 3.55. The van der Waals surface area contributed by atoms with E-state index in [1.54, 1.807) is 0 Å². The Kier molecular flexibility index (Phi) is 5.77. The summed E-state index contributed by atoms with van der Waals surface area (Å²) < 4.78 is 0. The number of nitrogens with one attached hydrogen (secondary N) is 1. The van der Waals surface area contributed by atoms with E-state index in [0.717, 1.165) is 23.8 Å². The van der Waals surface area contributed by atoms with Gasteiger partial charge in [-0.2, -0.15) is 0 Å². The fourth-order valence-corrected chi connectivity index (χ4v) is 2.75. The zero-order chi connectivity index (χ0) is 12.1. The Bertz CT molecular complexity index is 179. The molecular weight excluding hydrogens is 196 g/mol. The molecule has 1 saturated heterocycles. The minimum absolute atomic E-state index is 0.749. The topological polar surface area (TPSA) is 15.3 Å². The monoisotopic (exact) mass is 226 g/mol. The molecule has 16 heavy (non-hydrogen) atoms. The van der Waals surface area contributed by atoms with Gasteiger partial charge >= 0.3 is 0 Å². The quantitative estimate of drug-likeness (QED) is 0.775. The van der Waals surface area contributed by atoms with Gasteiger partial charge in [0.15, 0.2) is 0 Å². The van der Waals surface area contributed by atoms with Crippen molar-refractivity contribution in [2.75, 3.05) is 26.2 Å². The summed E-state index contributed by atoms with van der Waals surface area (Å²) in [6.45, 7) is 16.6. The van der Waals surface area contributed by atoms with Crippen molar-refractivity contribution in [2.24, 2.45) is 17.8 Å². The Labute approximate surface area is 102 Å². The van der Waals surface area contributed by atoms with E-state index >= 15 is 0 Å². The number of piperidine rings is 1. The summed E-state index contributed by atoms with van der Waals surface area (Å²) in [5, 5.41) is 3.55. The van der Waals surface area contributed by atoms with Gasteiger partial charge in [0.2, 0.25) is 0 Å². The van der Waals surface area contributed by atoms with Gasteiger partial charge in [0.05, 0.1) is 0 Å². The fraction of sp³-hybridized carbons (Fsp3) is 1.00. The lowest BCUT2D eigenvalue weighted by Gasteiger charge is -2.40. The molecule has 0 spiro atoms. The van der Waals surface area contributed by atoms with Crippen molar-refractivity contribution in [1.29, 1.82) is 0 Å². The second-order valence-electron chi connectivity index (χ2n) is 6.28. The minimum Gasteiger partial charge on any atom is -0.315 e. The number of hydrogen-bond donors (Lipinski definition) is 1. The number of rotatable bonds is 5. The second kappa shape index (κ2) is 6.61. The third-order valence-electron chi connectivity index (χ3n) is 3.46. The van der Waals surface area contributed by atoms with Crippen molar-refractivity contribution in [2.45, 2.75) is 47.1 Å². The van der Waals surface area contributed by atoms with E-state index in [4.69, 9.17) is 0 Å². The van der Waals surface area contributed by atoms with Crippen LogP contribution in [0.15, 0.2) is 0 Å². The molecule has 1 N–H and O–H groups in total. The average Bonchev–Trinajstić information content (AvgIpc) is 2.15. The molecule has 1 aliphatic heterocycles. The van der Waals surface area contributed by atoms with Gasteiger partial charge in [0.25, 0.3) is 0 Å². The van der Waals surface area contributed by atoms with Gasteiger partial charge in [-0.3, -0.25) is 4.90 Å². The van der Waals surface area contributed by atoms with Gasteiger partial charge in [0.1, 0.15) is 0 Å². The van der Waals surface area contributed by atoms with Crippen LogP contribution in [0.3, 0.4) is 0 Å². The summed E-state index contributed by atoms with van der Waals surface area (Å²) in [7, 11) is 0. The molecule has 0 saturated carbocycles. The van der Waals surface area contributed by atoms with Crippen LogP contribution in [0, 0.1) is 17.8 Å². The number of hydrogen-bond acceptors (Lipinski definition) is 2. The maximum absolute atomic E-state index is 3.55. The first-order valence-electron chi connectivity index (χ1n) is 6.95. The first-order valence-corrected chi connectivity index (χ1v) is 6.95. The van der Waals surface area contributed by atoms with Crippen LogP contribution in [0.1, 0.15) is 41.0 Å². The van der Waals surface area contributed by atoms with Gasteiger partial charge in [-0.15, -0.1) is 0 Å². The molecule has 2 unspecified atom stereocenters. The molecule has 96 valence electrons. The van der Waals surface area contributed by atoms with Crippen LogP contribution in [0.2, 0.25) is 0 Å². The van der Waals surface area contributed by atoms with Crippen molar-refractivity contribution in [3.05, 3.63) is 0 Å². The van der Waals surface area contributed by atoms with Gasteiger partial charge in [0, 0.05) is 25.7 Å². The lowest BCUT2D eigenvalue weighted by atomic mass is 9.92. The SMILES string of the molecule is CC(C)CN(CC(C)C)C1CNCCC1C. The molecule has 2 heteroatoms. The molecule has 0 aliphatic carbocycles. The largest absolute Gasteiger partial charge is 0.315 e. The minimum atomic E-state index is 0.749. The molecule has 0 radical (unpaired) electrons. The zero-order valence-corrected chi connectivity index (χ0v) is 11.8. The first kappa shape index (κ1) is 14.0. The van der Waals surface area contributed by atoms with Crippen molar-refractivity contribution >= 4 is 0 Å². The fourth-order valence-electron chi connectivity index (χ4n) is 2.75. The van der Waals surface area contributed by atoms with Crippen molar-refractivity contribution in [3.8, 4) is 0 Å². The van der Waals surface area contributed by atoms with Crippen molar-refractivity contribution in [1.82, 2.24) is 10.2 Å². The number of nitrogens with zero attached hydrogens (tertiary/aromatic N) is 1. The van der Waals surface area contributed by atoms with Gasteiger partial charge < -0.3 is 5.32 Å². The molecule has 1 aliphatic rings.